The number of nitrogens with zero attached hydrogens (tertiary/aromatic N) is 1. The predicted octanol–water partition coefficient (Wildman–Crippen LogP) is 0.407. The first-order chi connectivity index (χ1) is 6.75. The number of aromatic nitrogens is 1. The van der Waals surface area contributed by atoms with E-state index in [2.05, 4.69) is 9.40 Å². The van der Waals surface area contributed by atoms with Crippen LogP contribution in [0.15, 0.2) is 17.1 Å². The zero-order valence-electron chi connectivity index (χ0n) is 6.99. The summed E-state index contributed by atoms with van der Waals surface area (Å²) in [5.41, 5.74) is 4.95. The van der Waals surface area contributed by atoms with Crippen LogP contribution in [-0.4, -0.2) is 28.1 Å². The molecule has 1 aromatic rings. The van der Waals surface area contributed by atoms with Gasteiger partial charge in [0.1, 0.15) is 6.26 Å². The lowest BCUT2D eigenvalue weighted by Crippen LogP contribution is -2.21. The van der Waals surface area contributed by atoms with Crippen LogP contribution in [0.2, 0.25) is 0 Å². The molecule has 0 saturated heterocycles. The molecule has 0 fully saturated rings. The lowest BCUT2D eigenvalue weighted by Gasteiger charge is -1.93. The Labute approximate surface area is 80.5 Å². The average Bonchev–Trinajstić information content (AvgIpc) is 2.54. The van der Waals surface area contributed by atoms with E-state index in [9.17, 15) is 18.0 Å². The SMILES string of the molecule is NC(=O)c1cocn1.O=C(O)C(F)(F)F. The highest BCUT2D eigenvalue weighted by molar-refractivity contribution is 5.90. The fraction of sp³-hybridized carbons (Fsp3) is 0.167. The minimum atomic E-state index is -5.08. The Hall–Kier alpha value is -2.06. The topological polar surface area (TPSA) is 106 Å². The highest BCUT2D eigenvalue weighted by Crippen LogP contribution is 2.13. The third-order valence-electron chi connectivity index (χ3n) is 0.927. The zero-order chi connectivity index (χ0) is 12.1. The van der Waals surface area contributed by atoms with Crippen molar-refractivity contribution in [1.29, 1.82) is 0 Å². The summed E-state index contributed by atoms with van der Waals surface area (Å²) in [4.78, 5) is 22.5. The van der Waals surface area contributed by atoms with Gasteiger partial charge in [-0.3, -0.25) is 4.79 Å². The van der Waals surface area contributed by atoms with Gasteiger partial charge in [-0.2, -0.15) is 13.2 Å². The summed E-state index contributed by atoms with van der Waals surface area (Å²) < 4.78 is 36.2. The molecule has 15 heavy (non-hydrogen) atoms. The molecular formula is C6H5F3N2O4. The van der Waals surface area contributed by atoms with Crippen molar-refractivity contribution in [3.8, 4) is 0 Å². The van der Waals surface area contributed by atoms with Crippen molar-refractivity contribution in [2.75, 3.05) is 0 Å². The van der Waals surface area contributed by atoms with Crippen LogP contribution in [0, 0.1) is 0 Å². The van der Waals surface area contributed by atoms with Crippen LogP contribution in [0.25, 0.3) is 0 Å². The van der Waals surface area contributed by atoms with Gasteiger partial charge in [-0.05, 0) is 0 Å². The molecule has 0 saturated carbocycles. The number of rotatable bonds is 1. The Bertz CT molecular complexity index is 333. The number of carbonyl (C=O) groups excluding carboxylic acids is 1. The van der Waals surface area contributed by atoms with E-state index in [1.165, 1.54) is 6.26 Å². The molecule has 9 heteroatoms. The molecule has 0 aliphatic rings. The van der Waals surface area contributed by atoms with Gasteiger partial charge in [-0.25, -0.2) is 9.78 Å². The summed E-state index contributed by atoms with van der Waals surface area (Å²) in [6, 6.07) is 0. The molecule has 0 bridgehead atoms. The van der Waals surface area contributed by atoms with Crippen LogP contribution in [0.1, 0.15) is 10.5 Å². The van der Waals surface area contributed by atoms with Crippen molar-refractivity contribution >= 4 is 11.9 Å². The van der Waals surface area contributed by atoms with E-state index in [0.29, 0.717) is 0 Å². The Morgan fingerprint density at radius 3 is 2.07 bits per heavy atom. The number of carbonyl (C=O) groups is 2. The van der Waals surface area contributed by atoms with Crippen molar-refractivity contribution in [3.05, 3.63) is 18.4 Å². The molecule has 0 radical (unpaired) electrons. The number of hydrogen-bond acceptors (Lipinski definition) is 4. The quantitative estimate of drug-likeness (QED) is 0.721. The number of primary amides is 1. The van der Waals surface area contributed by atoms with Gasteiger partial charge in [0.2, 0.25) is 0 Å². The lowest BCUT2D eigenvalue weighted by atomic mass is 10.5. The van der Waals surface area contributed by atoms with E-state index < -0.39 is 18.1 Å². The molecule has 84 valence electrons. The van der Waals surface area contributed by atoms with E-state index in [4.69, 9.17) is 15.6 Å². The van der Waals surface area contributed by atoms with Gasteiger partial charge in [0.15, 0.2) is 12.1 Å². The maximum absolute atomic E-state index is 10.6. The fourth-order valence-corrected chi connectivity index (χ4v) is 0.334. The molecule has 0 aliphatic carbocycles. The van der Waals surface area contributed by atoms with Gasteiger partial charge < -0.3 is 15.3 Å². The molecule has 0 aromatic carbocycles. The first-order valence-corrected chi connectivity index (χ1v) is 3.23. The summed E-state index contributed by atoms with van der Waals surface area (Å²) in [5, 5.41) is 7.12. The normalized spacial score (nSPS) is 10.1. The third-order valence-corrected chi connectivity index (χ3v) is 0.927. The third kappa shape index (κ3) is 5.29. The van der Waals surface area contributed by atoms with Crippen molar-refractivity contribution < 1.29 is 32.3 Å². The second kappa shape index (κ2) is 4.98. The van der Waals surface area contributed by atoms with Crippen LogP contribution >= 0.6 is 0 Å². The van der Waals surface area contributed by atoms with E-state index in [-0.39, 0.29) is 5.69 Å². The fourth-order valence-electron chi connectivity index (χ4n) is 0.334. The zero-order valence-corrected chi connectivity index (χ0v) is 6.99. The minimum Gasteiger partial charge on any atom is -0.475 e. The van der Waals surface area contributed by atoms with Crippen molar-refractivity contribution in [1.82, 2.24) is 4.98 Å². The number of alkyl halides is 3. The number of carboxylic acid groups (broad SMARTS) is 1. The first kappa shape index (κ1) is 12.9. The first-order valence-electron chi connectivity index (χ1n) is 3.23. The molecule has 1 aromatic heterocycles. The number of oxazole rings is 1. The van der Waals surface area contributed by atoms with Crippen LogP contribution in [-0.2, 0) is 4.79 Å². The molecule has 0 spiro atoms. The van der Waals surface area contributed by atoms with E-state index in [1.54, 1.807) is 0 Å². The maximum atomic E-state index is 10.6. The molecule has 1 amide bonds. The minimum absolute atomic E-state index is 0.157. The highest BCUT2D eigenvalue weighted by Gasteiger charge is 2.38. The molecule has 6 nitrogen and oxygen atoms in total. The predicted molar refractivity (Wildman–Crippen MR) is 38.7 cm³/mol. The monoisotopic (exact) mass is 226 g/mol. The van der Waals surface area contributed by atoms with Gasteiger partial charge >= 0.3 is 12.1 Å². The lowest BCUT2D eigenvalue weighted by molar-refractivity contribution is -0.192. The van der Waals surface area contributed by atoms with Crippen LogP contribution in [0.5, 0.6) is 0 Å². The Balaban J connectivity index is 0.000000265. The summed E-state index contributed by atoms with van der Waals surface area (Å²) in [7, 11) is 0. The molecule has 1 rings (SSSR count). The van der Waals surface area contributed by atoms with Gasteiger partial charge in [0.05, 0.1) is 0 Å². The van der Waals surface area contributed by atoms with Gasteiger partial charge in [0.25, 0.3) is 5.91 Å². The second-order valence-electron chi connectivity index (χ2n) is 2.04. The van der Waals surface area contributed by atoms with Gasteiger partial charge in [-0.15, -0.1) is 0 Å². The van der Waals surface area contributed by atoms with Crippen LogP contribution in [0.4, 0.5) is 13.2 Å². The largest absolute Gasteiger partial charge is 0.490 e. The number of halogens is 3. The number of carboxylic acids is 1. The van der Waals surface area contributed by atoms with Gasteiger partial charge in [0, 0.05) is 0 Å². The van der Waals surface area contributed by atoms with Crippen molar-refractivity contribution in [2.45, 2.75) is 6.18 Å². The number of hydrogen-bond donors (Lipinski definition) is 2. The average molecular weight is 226 g/mol. The number of nitrogens with two attached hydrogens (primary N) is 1. The number of amides is 1. The smallest absolute Gasteiger partial charge is 0.475 e. The summed E-state index contributed by atoms with van der Waals surface area (Å²) in [6.45, 7) is 0. The van der Waals surface area contributed by atoms with Gasteiger partial charge in [-0.1, -0.05) is 0 Å². The van der Waals surface area contributed by atoms with E-state index in [0.717, 1.165) is 6.39 Å². The maximum Gasteiger partial charge on any atom is 0.490 e. The Kier molecular flexibility index (Phi) is 4.30. The summed E-state index contributed by atoms with van der Waals surface area (Å²) >= 11 is 0. The van der Waals surface area contributed by atoms with E-state index >= 15 is 0 Å². The molecule has 0 unspecified atom stereocenters. The summed E-state index contributed by atoms with van der Waals surface area (Å²) in [6.07, 6.45) is -2.73. The molecular weight excluding hydrogens is 221 g/mol. The Morgan fingerprint density at radius 2 is 1.93 bits per heavy atom. The Morgan fingerprint density at radius 1 is 1.47 bits per heavy atom. The molecule has 1 heterocycles. The molecule has 0 atom stereocenters. The van der Waals surface area contributed by atoms with Crippen LogP contribution < -0.4 is 5.73 Å². The second-order valence-corrected chi connectivity index (χ2v) is 2.04. The van der Waals surface area contributed by atoms with E-state index in [1.807, 2.05) is 0 Å². The van der Waals surface area contributed by atoms with Crippen molar-refractivity contribution in [3.63, 3.8) is 0 Å². The molecule has 0 aliphatic heterocycles. The van der Waals surface area contributed by atoms with Crippen molar-refractivity contribution in [2.24, 2.45) is 5.73 Å². The van der Waals surface area contributed by atoms with Crippen LogP contribution in [0.3, 0.4) is 0 Å². The molecule has 3 N–H and O–H groups in total. The summed E-state index contributed by atoms with van der Waals surface area (Å²) in [5.74, 6) is -3.33. The highest BCUT2D eigenvalue weighted by atomic mass is 19.4. The number of aliphatic carboxylic acids is 1. The standard InChI is InChI=1S/C4H4N2O2.C2HF3O2/c5-4(7)3-1-8-2-6-3;3-2(4,5)1(6)7/h1-2H,(H2,5,7);(H,6,7).